The van der Waals surface area contributed by atoms with Gasteiger partial charge in [-0.3, -0.25) is 0 Å². The number of benzene rings is 1. The fraction of sp³-hybridized carbons (Fsp3) is 0. The van der Waals surface area contributed by atoms with E-state index in [-0.39, 0.29) is 0 Å². The Morgan fingerprint density at radius 3 is 2.50 bits per heavy atom. The largest absolute Gasteiger partial charge is 0.223 e. The van der Waals surface area contributed by atoms with E-state index in [2.05, 4.69) is 4.99 Å². The minimum Gasteiger partial charge on any atom is -0.223 e. The van der Waals surface area contributed by atoms with Crippen molar-refractivity contribution in [3.05, 3.63) is 35.3 Å². The van der Waals surface area contributed by atoms with Crippen molar-refractivity contribution < 1.29 is 18.0 Å². The van der Waals surface area contributed by atoms with Gasteiger partial charge in [-0.25, -0.2) is 18.0 Å². The highest BCUT2D eigenvalue weighted by atomic mass is 19.2. The lowest BCUT2D eigenvalue weighted by Crippen LogP contribution is -1.89. The Kier molecular flexibility index (Phi) is 3.05. The fourth-order valence-electron chi connectivity index (χ4n) is 0.713. The van der Waals surface area contributed by atoms with E-state index in [0.29, 0.717) is 6.07 Å². The van der Waals surface area contributed by atoms with E-state index in [1.165, 1.54) is 5.94 Å². The van der Waals surface area contributed by atoms with Gasteiger partial charge in [0.05, 0.1) is 5.87 Å². The lowest BCUT2D eigenvalue weighted by Gasteiger charge is -1.96. The van der Waals surface area contributed by atoms with E-state index in [4.69, 9.17) is 0 Å². The molecule has 0 fully saturated rings. The van der Waals surface area contributed by atoms with Gasteiger partial charge in [0.25, 0.3) is 0 Å². The first kappa shape index (κ1) is 10.0. The van der Waals surface area contributed by atoms with E-state index < -0.39 is 23.1 Å². The molecular formula is C9H2F3NO. The van der Waals surface area contributed by atoms with Gasteiger partial charge < -0.3 is 0 Å². The van der Waals surface area contributed by atoms with Crippen LogP contribution in [-0.4, -0.2) is 11.8 Å². The van der Waals surface area contributed by atoms with Crippen LogP contribution in [0.15, 0.2) is 22.9 Å². The van der Waals surface area contributed by atoms with Crippen LogP contribution in [0.4, 0.5) is 18.9 Å². The fourth-order valence-corrected chi connectivity index (χ4v) is 0.713. The van der Waals surface area contributed by atoms with Gasteiger partial charge in [0.1, 0.15) is 5.69 Å². The molecule has 0 aliphatic carbocycles. The molecule has 1 rings (SSSR count). The molecule has 0 N–H and O–H groups in total. The molecule has 2 nitrogen and oxygen atoms in total. The second-order valence-electron chi connectivity index (χ2n) is 2.15. The predicted octanol–water partition coefficient (Wildman–Crippen LogP) is 1.95. The molecule has 0 bridgehead atoms. The molecule has 5 heteroatoms. The molecule has 0 radical (unpaired) electrons. The van der Waals surface area contributed by atoms with Crippen molar-refractivity contribution in [2.45, 2.75) is 0 Å². The first-order chi connectivity index (χ1) is 6.66. The molecule has 14 heavy (non-hydrogen) atoms. The van der Waals surface area contributed by atoms with E-state index in [1.807, 2.05) is 5.87 Å². The maximum absolute atomic E-state index is 12.8. The van der Waals surface area contributed by atoms with Crippen LogP contribution in [0.2, 0.25) is 0 Å². The van der Waals surface area contributed by atoms with Crippen LogP contribution < -0.4 is 0 Å². The highest BCUT2D eigenvalue weighted by Gasteiger charge is 2.11. The van der Waals surface area contributed by atoms with Gasteiger partial charge in [0.2, 0.25) is 0 Å². The third-order valence-corrected chi connectivity index (χ3v) is 1.30. The molecule has 0 saturated carbocycles. The summed E-state index contributed by atoms with van der Waals surface area (Å²) in [6, 6.07) is 1.62. The third kappa shape index (κ3) is 2.00. The molecule has 0 amide bonds. The summed E-state index contributed by atoms with van der Waals surface area (Å²) in [6.45, 7) is 0. The number of aliphatic imine (C=N–C) groups is 1. The van der Waals surface area contributed by atoms with E-state index >= 15 is 0 Å². The minimum absolute atomic E-state index is 0.466. The van der Waals surface area contributed by atoms with E-state index in [0.717, 1.165) is 6.07 Å². The summed E-state index contributed by atoms with van der Waals surface area (Å²) >= 11 is 0. The second-order valence-corrected chi connectivity index (χ2v) is 2.15. The van der Waals surface area contributed by atoms with Gasteiger partial charge in [-0.1, -0.05) is 0 Å². The molecule has 70 valence electrons. The maximum Gasteiger partial charge on any atom is 0.196 e. The third-order valence-electron chi connectivity index (χ3n) is 1.30. The summed E-state index contributed by atoms with van der Waals surface area (Å²) < 4.78 is 37.8. The average molecular weight is 197 g/mol. The zero-order valence-corrected chi connectivity index (χ0v) is 6.64. The molecule has 0 saturated heterocycles. The van der Waals surface area contributed by atoms with Crippen molar-refractivity contribution in [2.75, 3.05) is 0 Å². The number of carbonyl (C=O) groups excluding carboxylic acids is 1. The van der Waals surface area contributed by atoms with E-state index in [1.54, 1.807) is 5.73 Å². The Morgan fingerprint density at radius 2 is 1.86 bits per heavy atom. The molecule has 0 heterocycles. The molecule has 0 aliphatic heterocycles. The van der Waals surface area contributed by atoms with Crippen LogP contribution in [0.3, 0.4) is 0 Å². The van der Waals surface area contributed by atoms with Crippen LogP contribution >= 0.6 is 0 Å². The lowest BCUT2D eigenvalue weighted by atomic mass is 10.3. The van der Waals surface area contributed by atoms with E-state index in [9.17, 15) is 18.0 Å². The van der Waals surface area contributed by atoms with Gasteiger partial charge >= 0.3 is 0 Å². The molecule has 1 aromatic rings. The summed E-state index contributed by atoms with van der Waals surface area (Å²) in [4.78, 5) is 12.8. The zero-order chi connectivity index (χ0) is 10.6. The zero-order valence-electron chi connectivity index (χ0n) is 6.64. The highest BCUT2D eigenvalue weighted by molar-refractivity contribution is 5.66. The topological polar surface area (TPSA) is 29.4 Å². The summed E-state index contributed by atoms with van der Waals surface area (Å²) in [7, 11) is 0. The van der Waals surface area contributed by atoms with Crippen molar-refractivity contribution in [2.24, 2.45) is 4.99 Å². The van der Waals surface area contributed by atoms with Crippen molar-refractivity contribution in [1.82, 2.24) is 0 Å². The normalized spacial score (nSPS) is 8.50. The van der Waals surface area contributed by atoms with Crippen LogP contribution in [0, 0.1) is 17.5 Å². The summed E-state index contributed by atoms with van der Waals surface area (Å²) in [5.74, 6) is -1.32. The quantitative estimate of drug-likeness (QED) is 0.293. The minimum atomic E-state index is -1.62. The average Bonchev–Trinajstić information content (AvgIpc) is 2.18. The number of hydrogen-bond donors (Lipinski definition) is 0. The Hall–Kier alpha value is -2.05. The standard InChI is InChI=1S/C9H2F3NO/c10-6-2-3-7(9(12)8(6)11)13-4-1-5-14/h2-3H. The molecule has 0 aromatic heterocycles. The summed E-state index contributed by atoms with van der Waals surface area (Å²) in [5.41, 5.74) is 1.29. The van der Waals surface area contributed by atoms with Crippen molar-refractivity contribution in [3.63, 3.8) is 0 Å². The van der Waals surface area contributed by atoms with Crippen LogP contribution in [0.1, 0.15) is 0 Å². The van der Waals surface area contributed by atoms with Gasteiger partial charge in [-0.15, -0.1) is 0 Å². The summed E-state index contributed by atoms with van der Waals surface area (Å²) in [5, 5.41) is 0. The molecule has 0 spiro atoms. The molecule has 0 atom stereocenters. The number of rotatable bonds is 1. The Morgan fingerprint density at radius 1 is 1.14 bits per heavy atom. The van der Waals surface area contributed by atoms with Crippen LogP contribution in [0.5, 0.6) is 0 Å². The van der Waals surface area contributed by atoms with Crippen LogP contribution in [-0.2, 0) is 4.79 Å². The SMILES string of the molecule is O=C=C=C=Nc1ccc(F)c(F)c1F. The van der Waals surface area contributed by atoms with Crippen molar-refractivity contribution in [1.29, 1.82) is 0 Å². The number of halogens is 3. The highest BCUT2D eigenvalue weighted by Crippen LogP contribution is 2.21. The monoisotopic (exact) mass is 197 g/mol. The Bertz CT molecular complexity index is 479. The van der Waals surface area contributed by atoms with Crippen molar-refractivity contribution in [3.8, 4) is 0 Å². The molecular weight excluding hydrogens is 195 g/mol. The van der Waals surface area contributed by atoms with Gasteiger partial charge in [0.15, 0.2) is 23.4 Å². The van der Waals surface area contributed by atoms with Gasteiger partial charge in [-0.05, 0) is 12.1 Å². The number of hydrogen-bond acceptors (Lipinski definition) is 2. The lowest BCUT2D eigenvalue weighted by molar-refractivity contribution is 0.448. The predicted molar refractivity (Wildman–Crippen MR) is 42.6 cm³/mol. The molecule has 0 aliphatic rings. The first-order valence-electron chi connectivity index (χ1n) is 3.38. The first-order valence-corrected chi connectivity index (χ1v) is 3.38. The smallest absolute Gasteiger partial charge is 0.196 e. The molecule has 0 unspecified atom stereocenters. The second kappa shape index (κ2) is 4.26. The van der Waals surface area contributed by atoms with Crippen LogP contribution in [0.25, 0.3) is 0 Å². The Balaban J connectivity index is 3.32. The van der Waals surface area contributed by atoms with Gasteiger partial charge in [0, 0.05) is 5.73 Å². The maximum atomic E-state index is 12.8. The Labute approximate surface area is 76.7 Å². The molecule has 1 aromatic carbocycles. The summed E-state index contributed by atoms with van der Waals surface area (Å²) in [6.07, 6.45) is 0. The number of nitrogens with zero attached hydrogens (tertiary/aromatic N) is 1. The van der Waals surface area contributed by atoms with Gasteiger partial charge in [-0.2, -0.15) is 4.99 Å². The van der Waals surface area contributed by atoms with Crippen molar-refractivity contribution >= 4 is 17.5 Å².